The molecule has 1 aliphatic heterocycles. The fourth-order valence-corrected chi connectivity index (χ4v) is 4.19. The van der Waals surface area contributed by atoms with Gasteiger partial charge in [0.15, 0.2) is 0 Å². The Hall–Kier alpha value is -2.94. The highest BCUT2D eigenvalue weighted by Crippen LogP contribution is 2.31. The molecule has 142 valence electrons. The Kier molecular flexibility index (Phi) is 4.99. The maximum absolute atomic E-state index is 11.2. The second-order valence-electron chi connectivity index (χ2n) is 7.68. The van der Waals surface area contributed by atoms with E-state index in [-0.39, 0.29) is 0 Å². The van der Waals surface area contributed by atoms with E-state index in [1.807, 2.05) is 54.4 Å². The molecule has 0 spiro atoms. The molecule has 5 heteroatoms. The summed E-state index contributed by atoms with van der Waals surface area (Å²) in [6, 6.07) is 20.4. The fourth-order valence-electron chi connectivity index (χ4n) is 4.19. The minimum atomic E-state index is -0.805. The monoisotopic (exact) mass is 372 g/mol. The Labute approximate surface area is 165 Å². The first kappa shape index (κ1) is 18.4. The van der Waals surface area contributed by atoms with Crippen LogP contribution in [0.25, 0.3) is 10.9 Å². The van der Waals surface area contributed by atoms with Crippen molar-refractivity contribution in [1.82, 2.24) is 9.88 Å². The average Bonchev–Trinajstić information content (AvgIpc) is 3.07. The van der Waals surface area contributed by atoms with Crippen LogP contribution in [0.2, 0.25) is 0 Å². The number of hydrogen-bond acceptors (Lipinski definition) is 5. The summed E-state index contributed by atoms with van der Waals surface area (Å²) in [5.41, 5.74) is 2.67. The first-order chi connectivity index (χ1) is 13.6. The maximum Gasteiger partial charge on any atom is 0.103 e. The Morgan fingerprint density at radius 1 is 1.18 bits per heavy atom. The molecule has 1 saturated heterocycles. The standard InChI is InChI=1S/C23H24N4O/c1-26(22-19(13-24)14-25-21-10-6-5-9-20(21)22)16-23(28)11-12-27(17-23)15-18-7-3-2-4-8-18/h2-10,14,28H,11-12,15-17H2,1H3. The van der Waals surface area contributed by atoms with E-state index in [2.05, 4.69) is 28.1 Å². The molecule has 0 amide bonds. The molecule has 2 aromatic carbocycles. The van der Waals surface area contributed by atoms with E-state index in [4.69, 9.17) is 0 Å². The van der Waals surface area contributed by atoms with E-state index in [0.29, 0.717) is 18.7 Å². The van der Waals surface area contributed by atoms with Gasteiger partial charge in [0.1, 0.15) is 6.07 Å². The molecular weight excluding hydrogens is 348 g/mol. The van der Waals surface area contributed by atoms with Crippen LogP contribution in [0.3, 0.4) is 0 Å². The predicted octanol–water partition coefficient (Wildman–Crippen LogP) is 3.18. The van der Waals surface area contributed by atoms with Crippen molar-refractivity contribution in [2.45, 2.75) is 18.6 Å². The van der Waals surface area contributed by atoms with Gasteiger partial charge < -0.3 is 10.0 Å². The molecule has 0 radical (unpaired) electrons. The summed E-state index contributed by atoms with van der Waals surface area (Å²) in [5, 5.41) is 21.7. The van der Waals surface area contributed by atoms with Gasteiger partial charge in [0.2, 0.25) is 0 Å². The third-order valence-corrected chi connectivity index (χ3v) is 5.44. The third-order valence-electron chi connectivity index (χ3n) is 5.44. The van der Waals surface area contributed by atoms with E-state index < -0.39 is 5.60 Å². The number of pyridine rings is 1. The van der Waals surface area contributed by atoms with Crippen molar-refractivity contribution < 1.29 is 5.11 Å². The van der Waals surface area contributed by atoms with Gasteiger partial charge in [0.25, 0.3) is 0 Å². The molecule has 4 rings (SSSR count). The molecule has 1 atom stereocenters. The summed E-state index contributed by atoms with van der Waals surface area (Å²) in [5.74, 6) is 0. The highest BCUT2D eigenvalue weighted by Gasteiger charge is 2.37. The van der Waals surface area contributed by atoms with E-state index in [1.165, 1.54) is 5.56 Å². The molecule has 1 fully saturated rings. The number of likely N-dealkylation sites (N-methyl/N-ethyl adjacent to an activating group) is 1. The number of nitriles is 1. The topological polar surface area (TPSA) is 63.4 Å². The van der Waals surface area contributed by atoms with Gasteiger partial charge in [0, 0.05) is 44.8 Å². The predicted molar refractivity (Wildman–Crippen MR) is 111 cm³/mol. The van der Waals surface area contributed by atoms with Crippen LogP contribution in [0.15, 0.2) is 60.8 Å². The molecule has 1 N–H and O–H groups in total. The fraction of sp³-hybridized carbons (Fsp3) is 0.304. The lowest BCUT2D eigenvalue weighted by atomic mass is 10.0. The Morgan fingerprint density at radius 2 is 1.93 bits per heavy atom. The molecule has 1 aliphatic rings. The van der Waals surface area contributed by atoms with E-state index >= 15 is 0 Å². The number of hydrogen-bond donors (Lipinski definition) is 1. The molecule has 0 bridgehead atoms. The van der Waals surface area contributed by atoms with Crippen LogP contribution in [0.1, 0.15) is 17.5 Å². The van der Waals surface area contributed by atoms with E-state index in [9.17, 15) is 10.4 Å². The summed E-state index contributed by atoms with van der Waals surface area (Å²) in [7, 11) is 1.94. The van der Waals surface area contributed by atoms with Gasteiger partial charge in [-0.1, -0.05) is 48.5 Å². The number of para-hydroxylation sites is 1. The smallest absolute Gasteiger partial charge is 0.103 e. The zero-order valence-electron chi connectivity index (χ0n) is 16.0. The van der Waals surface area contributed by atoms with Gasteiger partial charge in [-0.05, 0) is 18.1 Å². The first-order valence-corrected chi connectivity index (χ1v) is 9.56. The first-order valence-electron chi connectivity index (χ1n) is 9.56. The summed E-state index contributed by atoms with van der Waals surface area (Å²) >= 11 is 0. The molecule has 0 saturated carbocycles. The van der Waals surface area contributed by atoms with E-state index in [0.717, 1.165) is 36.1 Å². The molecular formula is C23H24N4O. The van der Waals surface area contributed by atoms with Gasteiger partial charge in [-0.3, -0.25) is 9.88 Å². The zero-order chi connectivity index (χ0) is 19.6. The van der Waals surface area contributed by atoms with Crippen LogP contribution in [0, 0.1) is 11.3 Å². The number of aromatic nitrogens is 1. The van der Waals surface area contributed by atoms with Crippen LogP contribution in [0.4, 0.5) is 5.69 Å². The average molecular weight is 372 g/mol. The normalized spacial score (nSPS) is 19.6. The lowest BCUT2D eigenvalue weighted by molar-refractivity contribution is 0.0563. The minimum absolute atomic E-state index is 0.473. The molecule has 1 aromatic heterocycles. The number of fused-ring (bicyclic) bond motifs is 1. The van der Waals surface area contributed by atoms with Crippen molar-refractivity contribution in [2.75, 3.05) is 31.6 Å². The lowest BCUT2D eigenvalue weighted by Gasteiger charge is -2.31. The second kappa shape index (κ2) is 7.59. The number of rotatable bonds is 5. The van der Waals surface area contributed by atoms with Crippen molar-refractivity contribution in [3.8, 4) is 6.07 Å². The van der Waals surface area contributed by atoms with Gasteiger partial charge >= 0.3 is 0 Å². The van der Waals surface area contributed by atoms with Crippen molar-refractivity contribution in [3.63, 3.8) is 0 Å². The minimum Gasteiger partial charge on any atom is -0.387 e. The lowest BCUT2D eigenvalue weighted by Crippen LogP contribution is -2.44. The van der Waals surface area contributed by atoms with E-state index in [1.54, 1.807) is 6.20 Å². The Bertz CT molecular complexity index is 1010. The summed E-state index contributed by atoms with van der Waals surface area (Å²) in [6.07, 6.45) is 2.34. The van der Waals surface area contributed by atoms with Crippen LogP contribution < -0.4 is 4.90 Å². The zero-order valence-corrected chi connectivity index (χ0v) is 16.0. The molecule has 0 aliphatic carbocycles. The van der Waals surface area contributed by atoms with Crippen molar-refractivity contribution >= 4 is 16.6 Å². The largest absolute Gasteiger partial charge is 0.387 e. The number of anilines is 1. The Balaban J connectivity index is 1.53. The summed E-state index contributed by atoms with van der Waals surface area (Å²) in [4.78, 5) is 8.68. The number of likely N-dealkylation sites (tertiary alicyclic amines) is 1. The molecule has 1 unspecified atom stereocenters. The van der Waals surface area contributed by atoms with Crippen LogP contribution in [-0.4, -0.2) is 47.3 Å². The molecule has 28 heavy (non-hydrogen) atoms. The van der Waals surface area contributed by atoms with Gasteiger partial charge in [-0.2, -0.15) is 5.26 Å². The number of benzene rings is 2. The van der Waals surface area contributed by atoms with Gasteiger partial charge in [-0.15, -0.1) is 0 Å². The highest BCUT2D eigenvalue weighted by atomic mass is 16.3. The summed E-state index contributed by atoms with van der Waals surface area (Å²) in [6.45, 7) is 2.80. The van der Waals surface area contributed by atoms with Crippen LogP contribution in [-0.2, 0) is 6.54 Å². The molecule has 2 heterocycles. The highest BCUT2D eigenvalue weighted by molar-refractivity contribution is 5.94. The van der Waals surface area contributed by atoms with Crippen molar-refractivity contribution in [3.05, 3.63) is 71.9 Å². The van der Waals surface area contributed by atoms with Crippen molar-refractivity contribution in [2.24, 2.45) is 0 Å². The van der Waals surface area contributed by atoms with Gasteiger partial charge in [-0.25, -0.2) is 0 Å². The molecule has 3 aromatic rings. The quantitative estimate of drug-likeness (QED) is 0.745. The maximum atomic E-state index is 11.2. The van der Waals surface area contributed by atoms with Crippen LogP contribution in [0.5, 0.6) is 0 Å². The third kappa shape index (κ3) is 3.70. The number of β-amino-alcohol motifs (C(OH)–C–C–N with tert-alkyl or cyclic N) is 1. The van der Waals surface area contributed by atoms with Crippen molar-refractivity contribution in [1.29, 1.82) is 5.26 Å². The Morgan fingerprint density at radius 3 is 2.71 bits per heavy atom. The summed E-state index contributed by atoms with van der Waals surface area (Å²) < 4.78 is 0. The van der Waals surface area contributed by atoms with Crippen LogP contribution >= 0.6 is 0 Å². The molecule has 5 nitrogen and oxygen atoms in total. The number of nitrogens with zero attached hydrogens (tertiary/aromatic N) is 4. The number of aliphatic hydroxyl groups is 1. The SMILES string of the molecule is CN(CC1(O)CCN(Cc2ccccc2)C1)c1c(C#N)cnc2ccccc12. The second-order valence-corrected chi connectivity index (χ2v) is 7.68. The van der Waals surface area contributed by atoms with Gasteiger partial charge in [0.05, 0.1) is 22.4 Å².